The minimum atomic E-state index is -4.65. The second-order valence-electron chi connectivity index (χ2n) is 8.20. The van der Waals surface area contributed by atoms with Crippen molar-refractivity contribution in [2.24, 2.45) is 0 Å². The molecule has 0 amide bonds. The van der Waals surface area contributed by atoms with Crippen LogP contribution in [0.25, 0.3) is 22.6 Å². The van der Waals surface area contributed by atoms with Gasteiger partial charge in [-0.25, -0.2) is 9.07 Å². The molecule has 0 bridgehead atoms. The highest BCUT2D eigenvalue weighted by molar-refractivity contribution is 6.35. The molecule has 0 aliphatic rings. The SMILES string of the molecule is O=C(c1ccccc1Cl)c1cccnc1-c1nnn(Cc2cc(C(F)(F)F)ccc2F)c1-c1cccnc1. The summed E-state index contributed by atoms with van der Waals surface area (Å²) in [7, 11) is 0. The Hall–Kier alpha value is -4.44. The number of aromatic nitrogens is 5. The quantitative estimate of drug-likeness (QED) is 0.183. The van der Waals surface area contributed by atoms with Crippen molar-refractivity contribution in [3.05, 3.63) is 118 Å². The van der Waals surface area contributed by atoms with Crippen molar-refractivity contribution in [1.29, 1.82) is 0 Å². The molecule has 0 unspecified atom stereocenters. The Morgan fingerprint density at radius 2 is 1.68 bits per heavy atom. The van der Waals surface area contributed by atoms with E-state index in [9.17, 15) is 22.4 Å². The maximum absolute atomic E-state index is 14.6. The molecule has 0 fully saturated rings. The van der Waals surface area contributed by atoms with Crippen LogP contribution >= 0.6 is 11.6 Å². The Bertz CT molecular complexity index is 1640. The lowest BCUT2D eigenvalue weighted by atomic mass is 9.98. The van der Waals surface area contributed by atoms with Gasteiger partial charge in [-0.2, -0.15) is 13.2 Å². The van der Waals surface area contributed by atoms with Crippen LogP contribution in [0.5, 0.6) is 0 Å². The van der Waals surface area contributed by atoms with E-state index < -0.39 is 23.3 Å². The molecule has 5 aromatic rings. The predicted molar refractivity (Wildman–Crippen MR) is 132 cm³/mol. The summed E-state index contributed by atoms with van der Waals surface area (Å²) in [5.41, 5.74) is 0.328. The van der Waals surface area contributed by atoms with Crippen LogP contribution in [0, 0.1) is 5.82 Å². The molecule has 11 heteroatoms. The standard InChI is InChI=1S/C27H16ClF4N5O/c28-21-8-2-1-6-19(21)26(38)20-7-4-12-34-23(20)24-25(16-5-3-11-33-14-16)37(36-35-24)15-17-13-18(27(30,31)32)9-10-22(17)29/h1-14H,15H2. The monoisotopic (exact) mass is 537 g/mol. The number of halogens is 5. The van der Waals surface area contributed by atoms with E-state index in [0.29, 0.717) is 17.3 Å². The molecule has 38 heavy (non-hydrogen) atoms. The fourth-order valence-electron chi connectivity index (χ4n) is 3.97. The molecule has 5 rings (SSSR count). The summed E-state index contributed by atoms with van der Waals surface area (Å²) in [5, 5.41) is 8.57. The molecule has 0 aliphatic carbocycles. The molecule has 0 spiro atoms. The summed E-state index contributed by atoms with van der Waals surface area (Å²) < 4.78 is 55.7. The van der Waals surface area contributed by atoms with Gasteiger partial charge in [-0.05, 0) is 54.6 Å². The van der Waals surface area contributed by atoms with Crippen LogP contribution in [-0.4, -0.2) is 30.7 Å². The topological polar surface area (TPSA) is 73.6 Å². The lowest BCUT2D eigenvalue weighted by Gasteiger charge is -2.12. The van der Waals surface area contributed by atoms with Gasteiger partial charge in [0.05, 0.1) is 22.7 Å². The van der Waals surface area contributed by atoms with Crippen LogP contribution in [0.15, 0.2) is 85.3 Å². The van der Waals surface area contributed by atoms with E-state index in [2.05, 4.69) is 20.3 Å². The second kappa shape index (κ2) is 10.1. The number of hydrogen-bond donors (Lipinski definition) is 0. The summed E-state index contributed by atoms with van der Waals surface area (Å²) in [4.78, 5) is 21.9. The number of nitrogens with zero attached hydrogens (tertiary/aromatic N) is 5. The summed E-state index contributed by atoms with van der Waals surface area (Å²) in [6.07, 6.45) is -0.141. The van der Waals surface area contributed by atoms with Crippen molar-refractivity contribution in [2.75, 3.05) is 0 Å². The zero-order valence-corrected chi connectivity index (χ0v) is 20.1. The molecule has 6 nitrogen and oxygen atoms in total. The number of rotatable bonds is 6. The van der Waals surface area contributed by atoms with Gasteiger partial charge in [-0.3, -0.25) is 14.8 Å². The summed E-state index contributed by atoms with van der Waals surface area (Å²) in [6, 6.07) is 15.2. The summed E-state index contributed by atoms with van der Waals surface area (Å²) in [5.74, 6) is -1.24. The summed E-state index contributed by atoms with van der Waals surface area (Å²) in [6.45, 7) is -0.367. The maximum Gasteiger partial charge on any atom is 0.416 e. The smallest absolute Gasteiger partial charge is 0.288 e. The van der Waals surface area contributed by atoms with E-state index in [4.69, 9.17) is 11.6 Å². The molecule has 0 saturated carbocycles. The van der Waals surface area contributed by atoms with E-state index in [1.165, 1.54) is 23.3 Å². The summed E-state index contributed by atoms with van der Waals surface area (Å²) >= 11 is 6.25. The number of benzene rings is 2. The highest BCUT2D eigenvalue weighted by atomic mass is 35.5. The average molecular weight is 538 g/mol. The number of carbonyl (C=O) groups excluding carboxylic acids is 1. The molecule has 3 heterocycles. The van der Waals surface area contributed by atoms with Gasteiger partial charge in [0, 0.05) is 35.3 Å². The largest absolute Gasteiger partial charge is 0.416 e. The Morgan fingerprint density at radius 3 is 2.42 bits per heavy atom. The first-order valence-electron chi connectivity index (χ1n) is 11.2. The van der Waals surface area contributed by atoms with Crippen molar-refractivity contribution in [3.63, 3.8) is 0 Å². The Labute approximate surface area is 218 Å². The zero-order valence-electron chi connectivity index (χ0n) is 19.3. The van der Waals surface area contributed by atoms with Crippen LogP contribution < -0.4 is 0 Å². The maximum atomic E-state index is 14.6. The van der Waals surface area contributed by atoms with Gasteiger partial charge in [0.2, 0.25) is 0 Å². The second-order valence-corrected chi connectivity index (χ2v) is 8.61. The molecule has 2 aromatic carbocycles. The van der Waals surface area contributed by atoms with Crippen LogP contribution in [0.1, 0.15) is 27.0 Å². The Morgan fingerprint density at radius 1 is 0.921 bits per heavy atom. The van der Waals surface area contributed by atoms with E-state index in [1.807, 2.05) is 0 Å². The molecule has 0 radical (unpaired) electrons. The van der Waals surface area contributed by atoms with Gasteiger partial charge in [0.15, 0.2) is 5.78 Å². The third-order valence-corrected chi connectivity index (χ3v) is 6.09. The molecule has 3 aromatic heterocycles. The highest BCUT2D eigenvalue weighted by Gasteiger charge is 2.31. The van der Waals surface area contributed by atoms with E-state index in [1.54, 1.807) is 48.5 Å². The molecule has 0 aliphatic heterocycles. The van der Waals surface area contributed by atoms with Crippen molar-refractivity contribution in [3.8, 4) is 22.6 Å². The fraction of sp³-hybridized carbons (Fsp3) is 0.0741. The fourth-order valence-corrected chi connectivity index (χ4v) is 4.19. The lowest BCUT2D eigenvalue weighted by Crippen LogP contribution is -2.10. The number of ketones is 1. The van der Waals surface area contributed by atoms with Crippen molar-refractivity contribution >= 4 is 17.4 Å². The van der Waals surface area contributed by atoms with Gasteiger partial charge in [-0.1, -0.05) is 28.9 Å². The van der Waals surface area contributed by atoms with Crippen molar-refractivity contribution in [1.82, 2.24) is 25.0 Å². The molecule has 0 N–H and O–H groups in total. The number of carbonyl (C=O) groups is 1. The minimum absolute atomic E-state index is 0.168. The first-order valence-corrected chi connectivity index (χ1v) is 11.6. The number of hydrogen-bond acceptors (Lipinski definition) is 5. The molecular weight excluding hydrogens is 522 g/mol. The molecule has 190 valence electrons. The van der Waals surface area contributed by atoms with Crippen LogP contribution in [0.2, 0.25) is 5.02 Å². The third-order valence-electron chi connectivity index (χ3n) is 5.76. The van der Waals surface area contributed by atoms with Gasteiger partial charge in [-0.15, -0.1) is 5.10 Å². The molecular formula is C27H16ClF4N5O. The van der Waals surface area contributed by atoms with Crippen LogP contribution in [-0.2, 0) is 12.7 Å². The van der Waals surface area contributed by atoms with E-state index >= 15 is 0 Å². The van der Waals surface area contributed by atoms with Crippen molar-refractivity contribution in [2.45, 2.75) is 12.7 Å². The van der Waals surface area contributed by atoms with E-state index in [-0.39, 0.29) is 39.6 Å². The molecule has 0 atom stereocenters. The van der Waals surface area contributed by atoms with E-state index in [0.717, 1.165) is 12.1 Å². The van der Waals surface area contributed by atoms with Crippen LogP contribution in [0.4, 0.5) is 17.6 Å². The zero-order chi connectivity index (χ0) is 26.9. The predicted octanol–water partition coefficient (Wildman–Crippen LogP) is 6.49. The van der Waals surface area contributed by atoms with Gasteiger partial charge >= 0.3 is 6.18 Å². The Balaban J connectivity index is 1.66. The van der Waals surface area contributed by atoms with Crippen molar-refractivity contribution < 1.29 is 22.4 Å². The van der Waals surface area contributed by atoms with Gasteiger partial charge in [0.1, 0.15) is 22.9 Å². The normalized spacial score (nSPS) is 11.5. The highest BCUT2D eigenvalue weighted by Crippen LogP contribution is 2.34. The van der Waals surface area contributed by atoms with Gasteiger partial charge < -0.3 is 0 Å². The third kappa shape index (κ3) is 4.90. The van der Waals surface area contributed by atoms with Gasteiger partial charge in [0.25, 0.3) is 0 Å². The lowest BCUT2D eigenvalue weighted by molar-refractivity contribution is -0.137. The van der Waals surface area contributed by atoms with Crippen LogP contribution in [0.3, 0.4) is 0 Å². The number of alkyl halides is 3. The minimum Gasteiger partial charge on any atom is -0.288 e. The molecule has 0 saturated heterocycles. The first kappa shape index (κ1) is 25.2. The average Bonchev–Trinajstić information content (AvgIpc) is 3.33. The Kier molecular flexibility index (Phi) is 6.73. The first-order chi connectivity index (χ1) is 18.2. The number of pyridine rings is 2.